The van der Waals surface area contributed by atoms with Gasteiger partial charge >= 0.3 is 0 Å². The molecule has 1 aromatic carbocycles. The summed E-state index contributed by atoms with van der Waals surface area (Å²) in [5, 5.41) is 3.78. The molecule has 0 radical (unpaired) electrons. The van der Waals surface area contributed by atoms with Gasteiger partial charge in [0.15, 0.2) is 0 Å². The second-order valence-electron chi connectivity index (χ2n) is 6.46. The van der Waals surface area contributed by atoms with E-state index in [1.807, 2.05) is 36.1 Å². The van der Waals surface area contributed by atoms with Crippen LogP contribution in [0.4, 0.5) is 0 Å². The Morgan fingerprint density at radius 2 is 2.13 bits per heavy atom. The third kappa shape index (κ3) is 3.37. The summed E-state index contributed by atoms with van der Waals surface area (Å²) in [7, 11) is 0. The lowest BCUT2D eigenvalue weighted by Crippen LogP contribution is -2.50. The highest BCUT2D eigenvalue weighted by Gasteiger charge is 2.40. The number of hydrogen-bond acceptors (Lipinski definition) is 2. The Kier molecular flexibility index (Phi) is 4.90. The molecule has 124 valence electrons. The van der Waals surface area contributed by atoms with Crippen LogP contribution in [0.5, 0.6) is 0 Å². The highest BCUT2D eigenvalue weighted by Crippen LogP contribution is 2.38. The van der Waals surface area contributed by atoms with Crippen LogP contribution in [0.2, 0.25) is 5.02 Å². The predicted octanol–water partition coefficient (Wildman–Crippen LogP) is 3.31. The molecular formula is C18H23ClN2O2. The number of likely N-dealkylation sites (tertiary alicyclic amines) is 1. The number of halogens is 1. The van der Waals surface area contributed by atoms with Gasteiger partial charge in [-0.1, -0.05) is 23.7 Å². The summed E-state index contributed by atoms with van der Waals surface area (Å²) in [6, 6.07) is 7.62. The molecule has 1 N–H and O–H groups in total. The molecule has 2 aliphatic rings. The molecule has 1 aliphatic carbocycles. The Morgan fingerprint density at radius 3 is 2.74 bits per heavy atom. The molecule has 0 spiro atoms. The molecule has 2 fully saturated rings. The number of benzene rings is 1. The van der Waals surface area contributed by atoms with Gasteiger partial charge in [-0.2, -0.15) is 0 Å². The fourth-order valence-corrected chi connectivity index (χ4v) is 3.76. The first kappa shape index (κ1) is 16.3. The van der Waals surface area contributed by atoms with Crippen LogP contribution in [0.3, 0.4) is 0 Å². The van der Waals surface area contributed by atoms with E-state index in [1.54, 1.807) is 0 Å². The molecule has 2 amide bonds. The number of carbonyl (C=O) groups excluding carboxylic acids is 2. The summed E-state index contributed by atoms with van der Waals surface area (Å²) in [6.45, 7) is 2.56. The van der Waals surface area contributed by atoms with Gasteiger partial charge in [-0.25, -0.2) is 0 Å². The minimum absolute atomic E-state index is 0.0747. The second-order valence-corrected chi connectivity index (χ2v) is 6.90. The minimum atomic E-state index is -0.222. The van der Waals surface area contributed by atoms with E-state index in [1.165, 1.54) is 6.42 Å². The summed E-state index contributed by atoms with van der Waals surface area (Å²) >= 11 is 6.13. The molecule has 1 aromatic rings. The highest BCUT2D eigenvalue weighted by atomic mass is 35.5. The first-order valence-corrected chi connectivity index (χ1v) is 8.83. The summed E-state index contributed by atoms with van der Waals surface area (Å²) in [4.78, 5) is 26.9. The predicted molar refractivity (Wildman–Crippen MR) is 90.1 cm³/mol. The number of piperidine rings is 1. The SMILES string of the molecule is CCN1C(=O)CC[C@@H](C(=O)NC2CCC2)[C@@H]1c1cccc(Cl)c1. The van der Waals surface area contributed by atoms with E-state index >= 15 is 0 Å². The van der Waals surface area contributed by atoms with E-state index in [-0.39, 0.29) is 23.8 Å². The van der Waals surface area contributed by atoms with Gasteiger partial charge < -0.3 is 10.2 Å². The molecule has 1 saturated carbocycles. The Hall–Kier alpha value is -1.55. The van der Waals surface area contributed by atoms with E-state index in [0.717, 1.165) is 18.4 Å². The fraction of sp³-hybridized carbons (Fsp3) is 0.556. The first-order valence-electron chi connectivity index (χ1n) is 8.45. The van der Waals surface area contributed by atoms with Gasteiger partial charge in [0.25, 0.3) is 0 Å². The standard InChI is InChI=1S/C18H23ClN2O2/c1-2-21-16(22)10-9-15(18(23)20-14-7-4-8-14)17(21)12-5-3-6-13(19)11-12/h3,5-6,11,14-15,17H,2,4,7-10H2,1H3,(H,20,23)/t15-,17+/m1/s1. The Bertz CT molecular complexity index is 600. The maximum Gasteiger partial charge on any atom is 0.225 e. The van der Waals surface area contributed by atoms with Gasteiger partial charge in [-0.3, -0.25) is 9.59 Å². The average Bonchev–Trinajstić information content (AvgIpc) is 2.50. The Balaban J connectivity index is 1.88. The van der Waals surface area contributed by atoms with Crippen LogP contribution in [0, 0.1) is 5.92 Å². The van der Waals surface area contributed by atoms with E-state index in [9.17, 15) is 9.59 Å². The number of rotatable bonds is 4. The monoisotopic (exact) mass is 334 g/mol. The molecule has 0 unspecified atom stereocenters. The molecule has 0 aromatic heterocycles. The van der Waals surface area contributed by atoms with Crippen LogP contribution >= 0.6 is 11.6 Å². The number of nitrogens with zero attached hydrogens (tertiary/aromatic N) is 1. The van der Waals surface area contributed by atoms with Gasteiger partial charge in [-0.15, -0.1) is 0 Å². The molecular weight excluding hydrogens is 312 g/mol. The van der Waals surface area contributed by atoms with Crippen molar-refractivity contribution in [1.29, 1.82) is 0 Å². The molecule has 5 heteroatoms. The van der Waals surface area contributed by atoms with Crippen LogP contribution in [-0.2, 0) is 9.59 Å². The maximum atomic E-state index is 12.8. The zero-order valence-electron chi connectivity index (χ0n) is 13.4. The van der Waals surface area contributed by atoms with Crippen molar-refractivity contribution >= 4 is 23.4 Å². The smallest absolute Gasteiger partial charge is 0.225 e. The molecule has 23 heavy (non-hydrogen) atoms. The van der Waals surface area contributed by atoms with Crippen LogP contribution in [0.15, 0.2) is 24.3 Å². The third-order valence-electron chi connectivity index (χ3n) is 5.03. The van der Waals surface area contributed by atoms with Crippen molar-refractivity contribution in [1.82, 2.24) is 10.2 Å². The largest absolute Gasteiger partial charge is 0.353 e. The third-order valence-corrected chi connectivity index (χ3v) is 5.26. The second kappa shape index (κ2) is 6.91. The van der Waals surface area contributed by atoms with Crippen molar-refractivity contribution < 1.29 is 9.59 Å². The lowest BCUT2D eigenvalue weighted by molar-refractivity contribution is -0.143. The van der Waals surface area contributed by atoms with Crippen molar-refractivity contribution in [2.75, 3.05) is 6.54 Å². The topological polar surface area (TPSA) is 49.4 Å². The van der Waals surface area contributed by atoms with E-state index in [2.05, 4.69) is 5.32 Å². The summed E-state index contributed by atoms with van der Waals surface area (Å²) < 4.78 is 0. The zero-order valence-corrected chi connectivity index (χ0v) is 14.2. The van der Waals surface area contributed by atoms with Crippen molar-refractivity contribution in [3.63, 3.8) is 0 Å². The number of hydrogen-bond donors (Lipinski definition) is 1. The van der Waals surface area contributed by atoms with Gasteiger partial charge in [0.05, 0.1) is 12.0 Å². The normalized spacial score (nSPS) is 25.1. The summed E-state index contributed by atoms with van der Waals surface area (Å²) in [6.07, 6.45) is 4.36. The maximum absolute atomic E-state index is 12.8. The van der Waals surface area contributed by atoms with Gasteiger partial charge in [0, 0.05) is 24.0 Å². The minimum Gasteiger partial charge on any atom is -0.353 e. The Morgan fingerprint density at radius 1 is 1.35 bits per heavy atom. The van der Waals surface area contributed by atoms with Gasteiger partial charge in [0.2, 0.25) is 11.8 Å². The fourth-order valence-electron chi connectivity index (χ4n) is 3.56. The highest BCUT2D eigenvalue weighted by molar-refractivity contribution is 6.30. The van der Waals surface area contributed by atoms with Crippen molar-refractivity contribution in [2.45, 2.75) is 51.1 Å². The quantitative estimate of drug-likeness (QED) is 0.918. The van der Waals surface area contributed by atoms with Crippen LogP contribution in [0.1, 0.15) is 50.6 Å². The lowest BCUT2D eigenvalue weighted by atomic mass is 9.82. The zero-order chi connectivity index (χ0) is 16.4. The number of carbonyl (C=O) groups is 2. The molecule has 4 nitrogen and oxygen atoms in total. The van der Waals surface area contributed by atoms with E-state index < -0.39 is 0 Å². The molecule has 2 atom stereocenters. The number of amides is 2. The molecule has 1 aliphatic heterocycles. The van der Waals surface area contributed by atoms with Crippen molar-refractivity contribution in [3.05, 3.63) is 34.9 Å². The average molecular weight is 335 g/mol. The first-order chi connectivity index (χ1) is 11.1. The van der Waals surface area contributed by atoms with Crippen LogP contribution in [0.25, 0.3) is 0 Å². The summed E-state index contributed by atoms with van der Waals surface area (Å²) in [5.41, 5.74) is 0.946. The van der Waals surface area contributed by atoms with Crippen LogP contribution < -0.4 is 5.32 Å². The van der Waals surface area contributed by atoms with E-state index in [4.69, 9.17) is 11.6 Å². The van der Waals surface area contributed by atoms with Gasteiger partial charge in [0.1, 0.15) is 0 Å². The van der Waals surface area contributed by atoms with Crippen LogP contribution in [-0.4, -0.2) is 29.3 Å². The molecule has 1 heterocycles. The molecule has 3 rings (SSSR count). The van der Waals surface area contributed by atoms with Crippen molar-refractivity contribution in [3.8, 4) is 0 Å². The molecule has 0 bridgehead atoms. The lowest BCUT2D eigenvalue weighted by Gasteiger charge is -2.41. The number of nitrogens with one attached hydrogen (secondary N) is 1. The van der Waals surface area contributed by atoms with Gasteiger partial charge in [-0.05, 0) is 50.3 Å². The summed E-state index contributed by atoms with van der Waals surface area (Å²) in [5.74, 6) is -0.0116. The van der Waals surface area contributed by atoms with E-state index in [0.29, 0.717) is 30.5 Å². The van der Waals surface area contributed by atoms with Crippen molar-refractivity contribution in [2.24, 2.45) is 5.92 Å². The molecule has 1 saturated heterocycles. The Labute approximate surface area is 142 Å².